The van der Waals surface area contributed by atoms with Crippen molar-refractivity contribution >= 4 is 0 Å². The van der Waals surface area contributed by atoms with Crippen LogP contribution in [-0.4, -0.2) is 20.9 Å². The predicted octanol–water partition coefficient (Wildman–Crippen LogP) is 3.17. The van der Waals surface area contributed by atoms with E-state index in [1.807, 2.05) is 20.8 Å². The maximum Gasteiger partial charge on any atom is 0.119 e. The van der Waals surface area contributed by atoms with Crippen LogP contribution in [0.25, 0.3) is 0 Å². The molecule has 0 atom stereocenters. The van der Waals surface area contributed by atoms with Crippen LogP contribution < -0.4 is 0 Å². The predicted molar refractivity (Wildman–Crippen MR) is 70.4 cm³/mol. The Morgan fingerprint density at radius 3 is 1.59 bits per heavy atom. The Bertz CT molecular complexity index is 351. The van der Waals surface area contributed by atoms with Crippen molar-refractivity contribution < 1.29 is 15.3 Å². The van der Waals surface area contributed by atoms with E-state index in [9.17, 15) is 10.2 Å². The molecular weight excluding hydrogens is 216 g/mol. The highest BCUT2D eigenvalue weighted by atomic mass is 16.3. The molecule has 0 saturated carbocycles. The summed E-state index contributed by atoms with van der Waals surface area (Å²) in [4.78, 5) is 0. The highest BCUT2D eigenvalue weighted by Gasteiger charge is 2.17. The standard InChI is InChI=1S/C10H14O2.C4H10O/c1-10(2,3)8-6-7(11)4-5-9(8)12;1-4(2,3)5/h4-6,11-12H,1-3H3;5H,1-3H3. The van der Waals surface area contributed by atoms with Gasteiger partial charge in [0.25, 0.3) is 0 Å². The molecule has 0 aromatic heterocycles. The fourth-order valence-corrected chi connectivity index (χ4v) is 1.12. The Hall–Kier alpha value is -1.22. The van der Waals surface area contributed by atoms with Crippen LogP contribution in [0.2, 0.25) is 0 Å². The number of rotatable bonds is 0. The van der Waals surface area contributed by atoms with Crippen LogP contribution in [0.5, 0.6) is 11.5 Å². The Labute approximate surface area is 104 Å². The van der Waals surface area contributed by atoms with E-state index in [4.69, 9.17) is 5.11 Å². The molecule has 98 valence electrons. The van der Waals surface area contributed by atoms with Gasteiger partial charge in [0.1, 0.15) is 11.5 Å². The molecule has 0 aliphatic rings. The van der Waals surface area contributed by atoms with E-state index in [-0.39, 0.29) is 16.9 Å². The summed E-state index contributed by atoms with van der Waals surface area (Å²) >= 11 is 0. The molecule has 3 nitrogen and oxygen atoms in total. The van der Waals surface area contributed by atoms with E-state index in [1.54, 1.807) is 26.8 Å². The van der Waals surface area contributed by atoms with Crippen molar-refractivity contribution in [2.75, 3.05) is 0 Å². The summed E-state index contributed by atoms with van der Waals surface area (Å²) in [7, 11) is 0. The molecule has 0 bridgehead atoms. The lowest BCUT2D eigenvalue weighted by Gasteiger charge is -2.20. The molecule has 0 unspecified atom stereocenters. The van der Waals surface area contributed by atoms with E-state index in [2.05, 4.69) is 0 Å². The normalized spacial score (nSPS) is 11.7. The van der Waals surface area contributed by atoms with Crippen molar-refractivity contribution in [3.05, 3.63) is 23.8 Å². The van der Waals surface area contributed by atoms with Crippen molar-refractivity contribution in [2.24, 2.45) is 0 Å². The zero-order valence-electron chi connectivity index (χ0n) is 11.6. The summed E-state index contributed by atoms with van der Waals surface area (Å²) in [5.74, 6) is 0.429. The first kappa shape index (κ1) is 15.8. The van der Waals surface area contributed by atoms with Crippen molar-refractivity contribution in [2.45, 2.75) is 52.6 Å². The molecule has 1 aromatic carbocycles. The zero-order valence-corrected chi connectivity index (χ0v) is 11.6. The van der Waals surface area contributed by atoms with Crippen molar-refractivity contribution in [1.82, 2.24) is 0 Å². The Kier molecular flexibility index (Phi) is 5.02. The molecule has 17 heavy (non-hydrogen) atoms. The fourth-order valence-electron chi connectivity index (χ4n) is 1.12. The average Bonchev–Trinajstić information content (AvgIpc) is 2.04. The van der Waals surface area contributed by atoms with Crippen molar-refractivity contribution in [3.8, 4) is 11.5 Å². The van der Waals surface area contributed by atoms with Crippen LogP contribution in [0.3, 0.4) is 0 Å². The molecule has 0 spiro atoms. The van der Waals surface area contributed by atoms with E-state index in [0.29, 0.717) is 0 Å². The summed E-state index contributed by atoms with van der Waals surface area (Å²) in [5.41, 5.74) is 0.130. The van der Waals surface area contributed by atoms with Gasteiger partial charge in [-0.15, -0.1) is 0 Å². The number of hydrogen-bond donors (Lipinski definition) is 3. The minimum absolute atomic E-state index is 0.136. The number of benzene rings is 1. The third-order valence-corrected chi connectivity index (χ3v) is 1.79. The quantitative estimate of drug-likeness (QED) is 0.610. The Morgan fingerprint density at radius 2 is 1.29 bits per heavy atom. The summed E-state index contributed by atoms with van der Waals surface area (Å²) in [6.45, 7) is 11.2. The average molecular weight is 240 g/mol. The van der Waals surface area contributed by atoms with Crippen molar-refractivity contribution in [1.29, 1.82) is 0 Å². The maximum absolute atomic E-state index is 9.46. The lowest BCUT2D eigenvalue weighted by atomic mass is 9.86. The molecule has 0 saturated heterocycles. The number of phenolic OH excluding ortho intramolecular Hbond substituents is 2. The van der Waals surface area contributed by atoms with Gasteiger partial charge in [0.2, 0.25) is 0 Å². The van der Waals surface area contributed by atoms with E-state index in [0.717, 1.165) is 5.56 Å². The van der Waals surface area contributed by atoms with E-state index in [1.165, 1.54) is 12.1 Å². The second-order valence-corrected chi connectivity index (χ2v) is 6.12. The Balaban J connectivity index is 0.000000437. The van der Waals surface area contributed by atoms with Gasteiger partial charge in [0, 0.05) is 5.56 Å². The van der Waals surface area contributed by atoms with Crippen LogP contribution in [-0.2, 0) is 5.41 Å². The van der Waals surface area contributed by atoms with Gasteiger partial charge in [0.05, 0.1) is 5.60 Å². The van der Waals surface area contributed by atoms with Gasteiger partial charge in [-0.05, 0) is 44.4 Å². The molecule has 0 fully saturated rings. The minimum Gasteiger partial charge on any atom is -0.508 e. The highest BCUT2D eigenvalue weighted by Crippen LogP contribution is 2.32. The summed E-state index contributed by atoms with van der Waals surface area (Å²) in [6, 6.07) is 4.58. The molecule has 0 amide bonds. The second-order valence-electron chi connectivity index (χ2n) is 6.12. The number of phenols is 2. The Morgan fingerprint density at radius 1 is 0.882 bits per heavy atom. The maximum atomic E-state index is 9.46. The molecule has 1 aromatic rings. The summed E-state index contributed by atoms with van der Waals surface area (Å²) in [5, 5.41) is 27.2. The highest BCUT2D eigenvalue weighted by molar-refractivity contribution is 5.42. The van der Waals surface area contributed by atoms with Gasteiger partial charge in [0.15, 0.2) is 0 Å². The van der Waals surface area contributed by atoms with E-state index >= 15 is 0 Å². The van der Waals surface area contributed by atoms with E-state index < -0.39 is 5.60 Å². The largest absolute Gasteiger partial charge is 0.508 e. The first-order valence-corrected chi connectivity index (χ1v) is 5.66. The molecule has 0 aliphatic carbocycles. The lowest BCUT2D eigenvalue weighted by molar-refractivity contribution is 0.102. The van der Waals surface area contributed by atoms with Crippen LogP contribution in [0.4, 0.5) is 0 Å². The summed E-state index contributed by atoms with van der Waals surface area (Å²) in [6.07, 6.45) is 0. The van der Waals surface area contributed by atoms with Crippen molar-refractivity contribution in [3.63, 3.8) is 0 Å². The monoisotopic (exact) mass is 240 g/mol. The number of aliphatic hydroxyl groups is 1. The SMILES string of the molecule is CC(C)(C)O.CC(C)(C)c1cc(O)ccc1O. The topological polar surface area (TPSA) is 60.7 Å². The molecule has 3 heteroatoms. The minimum atomic E-state index is -0.500. The van der Waals surface area contributed by atoms with Crippen LogP contribution in [0, 0.1) is 0 Å². The molecular formula is C14H24O3. The molecule has 0 heterocycles. The van der Waals surface area contributed by atoms with Gasteiger partial charge in [-0.3, -0.25) is 0 Å². The van der Waals surface area contributed by atoms with Gasteiger partial charge >= 0.3 is 0 Å². The van der Waals surface area contributed by atoms with Crippen LogP contribution in [0.15, 0.2) is 18.2 Å². The van der Waals surface area contributed by atoms with Gasteiger partial charge in [-0.2, -0.15) is 0 Å². The smallest absolute Gasteiger partial charge is 0.119 e. The van der Waals surface area contributed by atoms with Gasteiger partial charge in [-0.1, -0.05) is 20.8 Å². The third-order valence-electron chi connectivity index (χ3n) is 1.79. The van der Waals surface area contributed by atoms with Gasteiger partial charge < -0.3 is 15.3 Å². The lowest BCUT2D eigenvalue weighted by Crippen LogP contribution is -2.10. The van der Waals surface area contributed by atoms with Crippen LogP contribution >= 0.6 is 0 Å². The molecule has 1 rings (SSSR count). The first-order valence-electron chi connectivity index (χ1n) is 5.66. The van der Waals surface area contributed by atoms with Crippen LogP contribution in [0.1, 0.15) is 47.1 Å². The molecule has 0 radical (unpaired) electrons. The summed E-state index contributed by atoms with van der Waals surface area (Å²) < 4.78 is 0. The number of aromatic hydroxyl groups is 2. The number of hydrogen-bond acceptors (Lipinski definition) is 3. The molecule has 3 N–H and O–H groups in total. The van der Waals surface area contributed by atoms with Gasteiger partial charge in [-0.25, -0.2) is 0 Å². The molecule has 0 aliphatic heterocycles. The first-order chi connectivity index (χ1) is 7.41. The fraction of sp³-hybridized carbons (Fsp3) is 0.571. The second kappa shape index (κ2) is 5.41. The third kappa shape index (κ3) is 7.64. The zero-order chi connectivity index (χ0) is 13.9.